The smallest absolute Gasteiger partial charge is 0.255 e. The molecule has 0 radical (unpaired) electrons. The highest BCUT2D eigenvalue weighted by atomic mass is 16.3. The molecule has 224 valence electrons. The van der Waals surface area contributed by atoms with Gasteiger partial charge in [0.2, 0.25) is 0 Å². The molecule has 0 atom stereocenters. The first kappa shape index (κ1) is 28.1. The number of rotatable bonds is 9. The van der Waals surface area contributed by atoms with Crippen LogP contribution in [0.15, 0.2) is 110 Å². The van der Waals surface area contributed by atoms with E-state index in [-0.39, 0.29) is 25.0 Å². The van der Waals surface area contributed by atoms with Gasteiger partial charge in [0.05, 0.1) is 30.6 Å². The number of carbonyl (C=O) groups excluding carboxylic acids is 2. The fraction of sp³-hybridized carbons (Fsp3) is 0.114. The van der Waals surface area contributed by atoms with Gasteiger partial charge in [-0.25, -0.2) is 4.68 Å². The molecule has 3 heterocycles. The van der Waals surface area contributed by atoms with E-state index >= 15 is 0 Å². The number of carbonyl (C=O) groups is 2. The minimum Gasteiger partial charge on any atom is -0.395 e. The van der Waals surface area contributed by atoms with Crippen molar-refractivity contribution in [2.75, 3.05) is 23.8 Å². The van der Waals surface area contributed by atoms with E-state index in [2.05, 4.69) is 15.7 Å². The van der Waals surface area contributed by atoms with E-state index in [4.69, 9.17) is 0 Å². The number of nitrogens with zero attached hydrogens (tertiary/aromatic N) is 4. The van der Waals surface area contributed by atoms with Crippen LogP contribution in [0.1, 0.15) is 20.7 Å². The summed E-state index contributed by atoms with van der Waals surface area (Å²) < 4.78 is 5.71. The van der Waals surface area contributed by atoms with Crippen molar-refractivity contribution >= 4 is 55.9 Å². The highest BCUT2D eigenvalue weighted by molar-refractivity contribution is 6.07. The van der Waals surface area contributed by atoms with E-state index in [9.17, 15) is 19.8 Å². The number of aliphatic hydroxyl groups is 2. The zero-order chi connectivity index (χ0) is 30.9. The van der Waals surface area contributed by atoms with Crippen molar-refractivity contribution in [3.63, 3.8) is 0 Å². The van der Waals surface area contributed by atoms with Crippen LogP contribution in [-0.2, 0) is 13.1 Å². The van der Waals surface area contributed by atoms with Crippen LogP contribution in [0, 0.1) is 0 Å². The third-order valence-electron chi connectivity index (χ3n) is 7.94. The van der Waals surface area contributed by atoms with E-state index in [1.165, 1.54) is 0 Å². The standard InChI is InChI=1S/C35H30N6O4/c42-17-15-39-13-11-23-19-25(1-8-31(23)39)34(44)37-28-3-6-30(7-4-28)41-33-10-5-29(21-27(33)22-36-41)38-35(45)26-2-9-32-24(20-26)12-14-40(32)16-18-43/h1-14,19-22,42-43H,15-18H2,(H,37,44)(H,38,45). The summed E-state index contributed by atoms with van der Waals surface area (Å²) >= 11 is 0. The van der Waals surface area contributed by atoms with Crippen molar-refractivity contribution in [2.24, 2.45) is 0 Å². The maximum absolute atomic E-state index is 13.0. The molecule has 0 spiro atoms. The first-order valence-corrected chi connectivity index (χ1v) is 14.6. The molecule has 4 aromatic carbocycles. The molecule has 10 nitrogen and oxygen atoms in total. The summed E-state index contributed by atoms with van der Waals surface area (Å²) in [5, 5.41) is 31.7. The lowest BCUT2D eigenvalue weighted by molar-refractivity contribution is 0.101. The Morgan fingerprint density at radius 1 is 0.600 bits per heavy atom. The number of aliphatic hydroxyl groups excluding tert-OH is 2. The van der Waals surface area contributed by atoms with Crippen LogP contribution in [0.3, 0.4) is 0 Å². The summed E-state index contributed by atoms with van der Waals surface area (Å²) in [4.78, 5) is 26.0. The van der Waals surface area contributed by atoms with E-state index in [1.54, 1.807) is 18.3 Å². The van der Waals surface area contributed by atoms with Crippen molar-refractivity contribution in [1.82, 2.24) is 18.9 Å². The van der Waals surface area contributed by atoms with Crippen molar-refractivity contribution < 1.29 is 19.8 Å². The molecule has 0 aliphatic carbocycles. The Morgan fingerprint density at radius 3 is 1.71 bits per heavy atom. The van der Waals surface area contributed by atoms with Crippen LogP contribution in [0.5, 0.6) is 0 Å². The summed E-state index contributed by atoms with van der Waals surface area (Å²) in [7, 11) is 0. The maximum atomic E-state index is 13.0. The van der Waals surface area contributed by atoms with Gasteiger partial charge in [-0.05, 0) is 91.0 Å². The van der Waals surface area contributed by atoms with Gasteiger partial charge in [0.1, 0.15) is 0 Å². The number of anilines is 2. The summed E-state index contributed by atoms with van der Waals surface area (Å²) in [5.41, 5.74) is 6.04. The first-order chi connectivity index (χ1) is 22.0. The minimum atomic E-state index is -0.212. The number of benzene rings is 4. The van der Waals surface area contributed by atoms with Crippen molar-refractivity contribution in [3.05, 3.63) is 121 Å². The average molecular weight is 599 g/mol. The normalized spacial score (nSPS) is 11.4. The van der Waals surface area contributed by atoms with Gasteiger partial charge >= 0.3 is 0 Å². The molecule has 0 aliphatic rings. The summed E-state index contributed by atoms with van der Waals surface area (Å²) in [5.74, 6) is -0.421. The Kier molecular flexibility index (Phi) is 7.34. The summed E-state index contributed by atoms with van der Waals surface area (Å²) in [6.45, 7) is 1.11. The third-order valence-corrected chi connectivity index (χ3v) is 7.94. The number of aromatic nitrogens is 4. The second-order valence-electron chi connectivity index (χ2n) is 10.8. The molecule has 10 heteroatoms. The van der Waals surface area contributed by atoms with Gasteiger partial charge in [-0.2, -0.15) is 5.10 Å². The second-order valence-corrected chi connectivity index (χ2v) is 10.8. The van der Waals surface area contributed by atoms with Crippen LogP contribution in [0.2, 0.25) is 0 Å². The van der Waals surface area contributed by atoms with Crippen molar-refractivity contribution in [3.8, 4) is 5.69 Å². The van der Waals surface area contributed by atoms with E-state index < -0.39 is 0 Å². The quantitative estimate of drug-likeness (QED) is 0.176. The number of nitrogens with one attached hydrogen (secondary N) is 2. The molecule has 45 heavy (non-hydrogen) atoms. The largest absolute Gasteiger partial charge is 0.395 e. The van der Waals surface area contributed by atoms with E-state index in [1.807, 2.05) is 105 Å². The highest BCUT2D eigenvalue weighted by Crippen LogP contribution is 2.25. The van der Waals surface area contributed by atoms with Gasteiger partial charge in [-0.1, -0.05) is 0 Å². The molecule has 7 rings (SSSR count). The monoisotopic (exact) mass is 598 g/mol. The minimum absolute atomic E-state index is 0.0519. The fourth-order valence-electron chi connectivity index (χ4n) is 5.70. The van der Waals surface area contributed by atoms with Gasteiger partial charge in [-0.15, -0.1) is 0 Å². The Morgan fingerprint density at radius 2 is 1.13 bits per heavy atom. The average Bonchev–Trinajstić information content (AvgIpc) is 3.78. The van der Waals surface area contributed by atoms with Crippen LogP contribution >= 0.6 is 0 Å². The van der Waals surface area contributed by atoms with Crippen LogP contribution in [0.4, 0.5) is 11.4 Å². The number of amides is 2. The van der Waals surface area contributed by atoms with Crippen LogP contribution < -0.4 is 10.6 Å². The summed E-state index contributed by atoms with van der Waals surface area (Å²) in [6.07, 6.45) is 5.55. The molecule has 0 bridgehead atoms. The second kappa shape index (κ2) is 11.8. The van der Waals surface area contributed by atoms with Gasteiger partial charge in [0.15, 0.2) is 0 Å². The highest BCUT2D eigenvalue weighted by Gasteiger charge is 2.13. The first-order valence-electron chi connectivity index (χ1n) is 14.6. The molecule has 0 fully saturated rings. The lowest BCUT2D eigenvalue weighted by atomic mass is 10.1. The Labute approximate surface area is 257 Å². The molecular weight excluding hydrogens is 568 g/mol. The summed E-state index contributed by atoms with van der Waals surface area (Å²) in [6, 6.07) is 28.0. The molecule has 3 aromatic heterocycles. The number of fused-ring (bicyclic) bond motifs is 3. The molecule has 0 saturated heterocycles. The predicted molar refractivity (Wildman–Crippen MR) is 175 cm³/mol. The van der Waals surface area contributed by atoms with Crippen molar-refractivity contribution in [1.29, 1.82) is 0 Å². The Balaban J connectivity index is 1.03. The molecule has 2 amide bonds. The predicted octanol–water partition coefficient (Wildman–Crippen LogP) is 5.42. The molecule has 0 saturated carbocycles. The van der Waals surface area contributed by atoms with Gasteiger partial charge in [0, 0.05) is 75.2 Å². The van der Waals surface area contributed by atoms with Gasteiger partial charge < -0.3 is 30.0 Å². The lowest BCUT2D eigenvalue weighted by Gasteiger charge is -2.09. The molecule has 4 N–H and O–H groups in total. The number of hydrogen-bond donors (Lipinski definition) is 4. The fourth-order valence-corrected chi connectivity index (χ4v) is 5.70. The van der Waals surface area contributed by atoms with E-state index in [0.29, 0.717) is 35.6 Å². The zero-order valence-electron chi connectivity index (χ0n) is 24.2. The number of hydrogen-bond acceptors (Lipinski definition) is 5. The van der Waals surface area contributed by atoms with Gasteiger partial charge in [0.25, 0.3) is 11.8 Å². The Hall–Kier alpha value is -5.71. The maximum Gasteiger partial charge on any atom is 0.255 e. The SMILES string of the molecule is O=C(Nc1ccc(-n2ncc3cc(NC(=O)c4ccc5c(ccn5CCO)c4)ccc32)cc1)c1ccc2c(ccn2CCO)c1. The zero-order valence-corrected chi connectivity index (χ0v) is 24.2. The third kappa shape index (κ3) is 5.44. The van der Waals surface area contributed by atoms with Crippen LogP contribution in [-0.4, -0.2) is 54.2 Å². The molecule has 7 aromatic rings. The van der Waals surface area contributed by atoms with Crippen molar-refractivity contribution in [2.45, 2.75) is 13.1 Å². The van der Waals surface area contributed by atoms with E-state index in [0.717, 1.165) is 38.4 Å². The molecular formula is C35H30N6O4. The van der Waals surface area contributed by atoms with Gasteiger partial charge in [-0.3, -0.25) is 9.59 Å². The van der Waals surface area contributed by atoms with Crippen LogP contribution in [0.25, 0.3) is 38.4 Å². The molecule has 0 unspecified atom stereocenters. The topological polar surface area (TPSA) is 126 Å². The Bertz CT molecular complexity index is 2190. The lowest BCUT2D eigenvalue weighted by Crippen LogP contribution is -2.12. The molecule has 0 aliphatic heterocycles.